The number of carbonyl (C=O) groups is 3. The fourth-order valence-electron chi connectivity index (χ4n) is 8.41. The maximum absolute atomic E-state index is 13.3. The van der Waals surface area contributed by atoms with Gasteiger partial charge in [-0.25, -0.2) is 0 Å². The number of rotatable bonds is 9. The Balaban J connectivity index is 1.86. The third-order valence-electron chi connectivity index (χ3n) is 10.2. The Morgan fingerprint density at radius 3 is 2.34 bits per heavy atom. The summed E-state index contributed by atoms with van der Waals surface area (Å²) in [6.45, 7) is 13.2. The van der Waals surface area contributed by atoms with E-state index in [4.69, 9.17) is 0 Å². The van der Waals surface area contributed by atoms with Crippen LogP contribution in [0.4, 0.5) is 0 Å². The SMILES string of the molecule is CC(=O)C1CC(=O)C(C)(CCC(=O)O)C2CCC3(C)C(C(C)CCCC(C)C)CCC3C12. The summed E-state index contributed by atoms with van der Waals surface area (Å²) in [5.41, 5.74) is -0.364. The average Bonchev–Trinajstić information content (AvgIpc) is 3.05. The molecule has 8 unspecified atom stereocenters. The third kappa shape index (κ3) is 4.57. The normalized spacial score (nSPS) is 40.1. The Kier molecular flexibility index (Phi) is 7.62. The van der Waals surface area contributed by atoms with Gasteiger partial charge in [0.05, 0.1) is 0 Å². The number of Topliss-reactive ketones (excluding diaryl/α,β-unsaturated/α-hetero) is 2. The van der Waals surface area contributed by atoms with Crippen LogP contribution < -0.4 is 0 Å². The van der Waals surface area contributed by atoms with Gasteiger partial charge in [-0.3, -0.25) is 14.4 Å². The standard InChI is InChI=1S/C28H46O4/c1-17(2)8-7-9-18(3)21-10-11-22-26-20(19(4)29)16-24(30)28(6,15-13-25(31)32)23(26)12-14-27(21,22)5/h17-18,20-23,26H,7-16H2,1-6H3,(H,31,32). The van der Waals surface area contributed by atoms with E-state index < -0.39 is 11.4 Å². The van der Waals surface area contributed by atoms with Crippen LogP contribution >= 0.6 is 0 Å². The maximum Gasteiger partial charge on any atom is 0.303 e. The molecule has 3 rings (SSSR count). The summed E-state index contributed by atoms with van der Waals surface area (Å²) in [5, 5.41) is 9.31. The summed E-state index contributed by atoms with van der Waals surface area (Å²) in [7, 11) is 0. The molecule has 3 aliphatic rings. The minimum atomic E-state index is -0.832. The molecular weight excluding hydrogens is 400 g/mol. The lowest BCUT2D eigenvalue weighted by atomic mass is 9.45. The molecule has 0 saturated heterocycles. The fraction of sp³-hybridized carbons (Fsp3) is 0.893. The van der Waals surface area contributed by atoms with Crippen LogP contribution in [0.1, 0.15) is 106 Å². The second-order valence-corrected chi connectivity index (χ2v) is 12.5. The number of ketones is 2. The Morgan fingerprint density at radius 2 is 1.75 bits per heavy atom. The van der Waals surface area contributed by atoms with Crippen LogP contribution in [-0.2, 0) is 14.4 Å². The number of hydrogen-bond donors (Lipinski definition) is 1. The lowest BCUT2D eigenvalue weighted by molar-refractivity contribution is -0.160. The van der Waals surface area contributed by atoms with E-state index in [0.29, 0.717) is 30.6 Å². The van der Waals surface area contributed by atoms with E-state index in [2.05, 4.69) is 27.7 Å². The Bertz CT molecular complexity index is 727. The zero-order valence-electron chi connectivity index (χ0n) is 21.3. The molecule has 1 N–H and O–H groups in total. The molecule has 0 aromatic rings. The Morgan fingerprint density at radius 1 is 1.06 bits per heavy atom. The van der Waals surface area contributed by atoms with Crippen molar-refractivity contribution >= 4 is 17.5 Å². The predicted octanol–water partition coefficient (Wildman–Crippen LogP) is 6.56. The molecule has 0 aliphatic heterocycles. The molecule has 0 radical (unpaired) electrons. The molecule has 0 aromatic carbocycles. The minimum Gasteiger partial charge on any atom is -0.481 e. The van der Waals surface area contributed by atoms with E-state index >= 15 is 0 Å². The van der Waals surface area contributed by atoms with Crippen molar-refractivity contribution in [1.29, 1.82) is 0 Å². The first kappa shape index (κ1) is 25.4. The average molecular weight is 447 g/mol. The summed E-state index contributed by atoms with van der Waals surface area (Å²) < 4.78 is 0. The van der Waals surface area contributed by atoms with E-state index in [-0.39, 0.29) is 41.2 Å². The molecule has 3 fully saturated rings. The lowest BCUT2D eigenvalue weighted by Gasteiger charge is -2.58. The van der Waals surface area contributed by atoms with Gasteiger partial charge in [-0.05, 0) is 80.0 Å². The van der Waals surface area contributed by atoms with Crippen molar-refractivity contribution in [3.05, 3.63) is 0 Å². The van der Waals surface area contributed by atoms with Gasteiger partial charge in [0.2, 0.25) is 0 Å². The highest BCUT2D eigenvalue weighted by Gasteiger charge is 2.62. The molecule has 4 heteroatoms. The van der Waals surface area contributed by atoms with Gasteiger partial charge in [-0.15, -0.1) is 0 Å². The maximum atomic E-state index is 13.3. The zero-order valence-corrected chi connectivity index (χ0v) is 21.3. The summed E-state index contributed by atoms with van der Waals surface area (Å²) >= 11 is 0. The molecule has 0 heterocycles. The second kappa shape index (κ2) is 9.58. The van der Waals surface area contributed by atoms with Crippen molar-refractivity contribution in [3.63, 3.8) is 0 Å². The van der Waals surface area contributed by atoms with Crippen LogP contribution in [0.15, 0.2) is 0 Å². The molecular formula is C28H46O4. The van der Waals surface area contributed by atoms with Gasteiger partial charge < -0.3 is 5.11 Å². The Hall–Kier alpha value is -1.19. The number of aliphatic carboxylic acids is 1. The number of hydrogen-bond acceptors (Lipinski definition) is 3. The van der Waals surface area contributed by atoms with Crippen LogP contribution in [0.2, 0.25) is 0 Å². The molecule has 182 valence electrons. The van der Waals surface area contributed by atoms with Gasteiger partial charge in [0.15, 0.2) is 0 Å². The molecule has 0 amide bonds. The van der Waals surface area contributed by atoms with Gasteiger partial charge >= 0.3 is 5.97 Å². The highest BCUT2D eigenvalue weighted by molar-refractivity contribution is 5.92. The van der Waals surface area contributed by atoms with Crippen LogP contribution in [0.3, 0.4) is 0 Å². The van der Waals surface area contributed by atoms with Crippen molar-refractivity contribution in [2.24, 2.45) is 52.3 Å². The number of fused-ring (bicyclic) bond motifs is 3. The van der Waals surface area contributed by atoms with Crippen LogP contribution in [0.25, 0.3) is 0 Å². The van der Waals surface area contributed by atoms with Gasteiger partial charge in [0, 0.05) is 24.2 Å². The highest BCUT2D eigenvalue weighted by atomic mass is 16.4. The van der Waals surface area contributed by atoms with E-state index in [0.717, 1.165) is 25.2 Å². The summed E-state index contributed by atoms with van der Waals surface area (Å²) in [4.78, 5) is 37.4. The van der Waals surface area contributed by atoms with Gasteiger partial charge in [0.25, 0.3) is 0 Å². The van der Waals surface area contributed by atoms with Crippen LogP contribution in [-0.4, -0.2) is 22.6 Å². The predicted molar refractivity (Wildman–Crippen MR) is 127 cm³/mol. The van der Waals surface area contributed by atoms with Crippen molar-refractivity contribution in [1.82, 2.24) is 0 Å². The number of carbonyl (C=O) groups excluding carboxylic acids is 2. The molecule has 8 atom stereocenters. The first-order valence-corrected chi connectivity index (χ1v) is 13.2. The topological polar surface area (TPSA) is 71.4 Å². The second-order valence-electron chi connectivity index (χ2n) is 12.5. The summed E-state index contributed by atoms with van der Waals surface area (Å²) in [6, 6.07) is 0. The molecule has 32 heavy (non-hydrogen) atoms. The molecule has 4 nitrogen and oxygen atoms in total. The molecule has 0 aromatic heterocycles. The zero-order chi connectivity index (χ0) is 23.8. The van der Waals surface area contributed by atoms with E-state index in [1.165, 1.54) is 25.7 Å². The van der Waals surface area contributed by atoms with Crippen LogP contribution in [0.5, 0.6) is 0 Å². The first-order chi connectivity index (χ1) is 14.9. The summed E-state index contributed by atoms with van der Waals surface area (Å²) in [6.07, 6.45) is 9.08. The van der Waals surface area contributed by atoms with Gasteiger partial charge in [-0.2, -0.15) is 0 Å². The molecule has 3 aliphatic carbocycles. The Labute approximate surface area is 195 Å². The van der Waals surface area contributed by atoms with E-state index in [1.54, 1.807) is 6.92 Å². The first-order valence-electron chi connectivity index (χ1n) is 13.2. The summed E-state index contributed by atoms with van der Waals surface area (Å²) in [5.74, 6) is 2.27. The lowest BCUT2D eigenvalue weighted by Crippen LogP contribution is -2.57. The highest BCUT2D eigenvalue weighted by Crippen LogP contribution is 2.67. The molecule has 0 spiro atoms. The minimum absolute atomic E-state index is 0.0354. The van der Waals surface area contributed by atoms with E-state index in [9.17, 15) is 19.5 Å². The van der Waals surface area contributed by atoms with Gasteiger partial charge in [-0.1, -0.05) is 53.9 Å². The molecule has 0 bridgehead atoms. The van der Waals surface area contributed by atoms with Crippen LogP contribution in [0, 0.1) is 52.3 Å². The van der Waals surface area contributed by atoms with Gasteiger partial charge in [0.1, 0.15) is 11.6 Å². The largest absolute Gasteiger partial charge is 0.481 e. The van der Waals surface area contributed by atoms with Crippen molar-refractivity contribution < 1.29 is 19.5 Å². The van der Waals surface area contributed by atoms with Crippen molar-refractivity contribution in [2.45, 2.75) is 106 Å². The number of carboxylic acid groups (broad SMARTS) is 1. The fourth-order valence-corrected chi connectivity index (χ4v) is 8.41. The van der Waals surface area contributed by atoms with E-state index in [1.807, 2.05) is 6.92 Å². The quantitative estimate of drug-likeness (QED) is 0.435. The number of carboxylic acids is 1. The third-order valence-corrected chi connectivity index (χ3v) is 10.2. The van der Waals surface area contributed by atoms with Crippen molar-refractivity contribution in [2.75, 3.05) is 0 Å². The van der Waals surface area contributed by atoms with Crippen molar-refractivity contribution in [3.8, 4) is 0 Å². The monoisotopic (exact) mass is 446 g/mol. The smallest absolute Gasteiger partial charge is 0.303 e. The molecule has 3 saturated carbocycles.